The minimum atomic E-state index is -1.32. The Bertz CT molecular complexity index is 786. The molecule has 3 heterocycles. The number of rotatable bonds is 1. The summed E-state index contributed by atoms with van der Waals surface area (Å²) in [6.07, 6.45) is -0.0828. The number of pyridine rings is 1. The first-order valence-corrected chi connectivity index (χ1v) is 6.51. The number of fused-ring (bicyclic) bond motifs is 1. The Hall–Kier alpha value is -2.90. The molecule has 2 aromatic heterocycles. The van der Waals surface area contributed by atoms with Gasteiger partial charge in [-0.1, -0.05) is 6.92 Å². The number of hydrogen-bond donors (Lipinski definition) is 3. The number of amides is 2. The molecule has 0 saturated carbocycles. The van der Waals surface area contributed by atoms with Gasteiger partial charge in [-0.3, -0.25) is 4.79 Å². The summed E-state index contributed by atoms with van der Waals surface area (Å²) in [5, 5.41) is 18.4. The van der Waals surface area contributed by atoms with Crippen LogP contribution in [0.2, 0.25) is 0 Å². The van der Waals surface area contributed by atoms with Crippen LogP contribution in [0.1, 0.15) is 28.9 Å². The summed E-state index contributed by atoms with van der Waals surface area (Å²) in [5.74, 6) is -2.54. The second kappa shape index (κ2) is 4.83. The quantitative estimate of drug-likeness (QED) is 0.748. The third kappa shape index (κ3) is 2.00. The van der Waals surface area contributed by atoms with Gasteiger partial charge in [0, 0.05) is 35.6 Å². The molecule has 0 saturated heterocycles. The molecule has 0 aliphatic carbocycles. The lowest BCUT2D eigenvalue weighted by Gasteiger charge is -2.26. The van der Waals surface area contributed by atoms with Gasteiger partial charge in [-0.25, -0.2) is 19.1 Å². The van der Waals surface area contributed by atoms with E-state index < -0.39 is 23.7 Å². The van der Waals surface area contributed by atoms with E-state index in [0.717, 1.165) is 4.90 Å². The zero-order chi connectivity index (χ0) is 16.0. The van der Waals surface area contributed by atoms with Crippen molar-refractivity contribution >= 4 is 12.0 Å². The molecule has 1 aliphatic heterocycles. The van der Waals surface area contributed by atoms with E-state index in [2.05, 4.69) is 9.97 Å². The number of aromatic hydroxyl groups is 1. The van der Waals surface area contributed by atoms with Crippen molar-refractivity contribution in [3.8, 4) is 17.1 Å². The number of halogens is 1. The first-order valence-electron chi connectivity index (χ1n) is 6.51. The largest absolute Gasteiger partial charge is 0.491 e. The molecule has 0 bridgehead atoms. The Morgan fingerprint density at radius 2 is 2.23 bits per heavy atom. The number of hydrogen-bond acceptors (Lipinski definition) is 4. The fourth-order valence-electron chi connectivity index (χ4n) is 2.58. The van der Waals surface area contributed by atoms with Gasteiger partial charge in [0.05, 0.1) is 5.56 Å². The van der Waals surface area contributed by atoms with Crippen LogP contribution in [0.15, 0.2) is 18.3 Å². The predicted molar refractivity (Wildman–Crippen MR) is 73.1 cm³/mol. The van der Waals surface area contributed by atoms with E-state index in [9.17, 15) is 19.1 Å². The van der Waals surface area contributed by atoms with Gasteiger partial charge < -0.3 is 15.2 Å². The summed E-state index contributed by atoms with van der Waals surface area (Å²) in [4.78, 5) is 30.4. The number of carboxylic acid groups (broad SMARTS) is 1. The number of imide groups is 1. The Kier molecular flexibility index (Phi) is 3.09. The summed E-state index contributed by atoms with van der Waals surface area (Å²) in [5.41, 5.74) is 1.08. The first-order chi connectivity index (χ1) is 10.4. The second-order valence-electron chi connectivity index (χ2n) is 5.11. The summed E-state index contributed by atoms with van der Waals surface area (Å²) in [7, 11) is 0. The number of nitrogens with one attached hydrogen (secondary N) is 1. The fraction of sp³-hybridized carbons (Fsp3) is 0.214. The van der Waals surface area contributed by atoms with Crippen LogP contribution in [0.3, 0.4) is 0 Å². The predicted octanol–water partition coefficient (Wildman–Crippen LogP) is 2.16. The highest BCUT2D eigenvalue weighted by Crippen LogP contribution is 2.33. The van der Waals surface area contributed by atoms with Crippen molar-refractivity contribution in [2.75, 3.05) is 6.54 Å². The molecule has 0 radical (unpaired) electrons. The summed E-state index contributed by atoms with van der Waals surface area (Å²) >= 11 is 0. The number of carbonyl (C=O) groups is 2. The van der Waals surface area contributed by atoms with Gasteiger partial charge in [0.15, 0.2) is 5.82 Å². The molecule has 0 fully saturated rings. The Balaban J connectivity index is 2.11. The molecule has 3 N–H and O–H groups in total. The van der Waals surface area contributed by atoms with Crippen molar-refractivity contribution in [3.63, 3.8) is 0 Å². The summed E-state index contributed by atoms with van der Waals surface area (Å²) in [6.45, 7) is 1.80. The van der Waals surface area contributed by atoms with Gasteiger partial charge in [0.2, 0.25) is 5.88 Å². The van der Waals surface area contributed by atoms with E-state index in [1.54, 1.807) is 6.92 Å². The molecule has 114 valence electrons. The molecule has 0 spiro atoms. The van der Waals surface area contributed by atoms with Gasteiger partial charge in [0.1, 0.15) is 0 Å². The Morgan fingerprint density at radius 1 is 1.50 bits per heavy atom. The lowest BCUT2D eigenvalue weighted by Crippen LogP contribution is -2.42. The number of nitrogens with zero attached hydrogens (tertiary/aromatic N) is 2. The molecule has 2 amide bonds. The first kappa shape index (κ1) is 14.1. The highest BCUT2D eigenvalue weighted by molar-refractivity contribution is 6.05. The Labute approximate surface area is 124 Å². The maximum absolute atomic E-state index is 13.9. The van der Waals surface area contributed by atoms with E-state index in [1.165, 1.54) is 18.3 Å². The minimum Gasteiger partial charge on any atom is -0.491 e. The van der Waals surface area contributed by atoms with E-state index in [4.69, 9.17) is 5.11 Å². The zero-order valence-corrected chi connectivity index (χ0v) is 11.5. The molecular weight excluding hydrogens is 293 g/mol. The number of H-pyrrole nitrogens is 1. The normalized spacial score (nSPS) is 17.5. The summed E-state index contributed by atoms with van der Waals surface area (Å²) in [6, 6.07) is 2.75. The minimum absolute atomic E-state index is 0.0329. The van der Waals surface area contributed by atoms with Crippen molar-refractivity contribution in [2.24, 2.45) is 0 Å². The lowest BCUT2D eigenvalue weighted by atomic mass is 9.98. The van der Waals surface area contributed by atoms with Crippen LogP contribution in [0.5, 0.6) is 5.88 Å². The van der Waals surface area contributed by atoms with Crippen LogP contribution in [0, 0.1) is 5.82 Å². The van der Waals surface area contributed by atoms with Crippen LogP contribution in [0.4, 0.5) is 9.18 Å². The molecule has 2 aromatic rings. The molecule has 3 rings (SSSR count). The molecule has 0 aromatic carbocycles. The van der Waals surface area contributed by atoms with E-state index in [1.807, 2.05) is 0 Å². The highest BCUT2D eigenvalue weighted by Gasteiger charge is 2.35. The molecule has 1 atom stereocenters. The van der Waals surface area contributed by atoms with Gasteiger partial charge in [0.25, 0.3) is 5.91 Å². The second-order valence-corrected chi connectivity index (χ2v) is 5.11. The SMILES string of the molecule is CC1CN(C(=O)O)C(=O)c2cc(-c3ccnc(O)c3F)[nH]c21. The summed E-state index contributed by atoms with van der Waals surface area (Å²) < 4.78 is 13.9. The van der Waals surface area contributed by atoms with E-state index in [0.29, 0.717) is 5.69 Å². The van der Waals surface area contributed by atoms with Gasteiger partial charge in [-0.15, -0.1) is 0 Å². The van der Waals surface area contributed by atoms with Crippen molar-refractivity contribution < 1.29 is 24.2 Å². The Morgan fingerprint density at radius 3 is 2.91 bits per heavy atom. The van der Waals surface area contributed by atoms with Crippen LogP contribution < -0.4 is 0 Å². The van der Waals surface area contributed by atoms with Crippen molar-refractivity contribution in [2.45, 2.75) is 12.8 Å². The number of aromatic nitrogens is 2. The number of carbonyl (C=O) groups excluding carboxylic acids is 1. The smallest absolute Gasteiger partial charge is 0.414 e. The standard InChI is InChI=1S/C14H12FN3O4/c1-6-5-18(14(21)22)13(20)8-4-9(17-11(6)8)7-2-3-16-12(19)10(7)15/h2-4,6,17H,5H2,1H3,(H,16,19)(H,21,22). The van der Waals surface area contributed by atoms with Gasteiger partial charge in [-0.2, -0.15) is 0 Å². The van der Waals surface area contributed by atoms with Gasteiger partial charge >= 0.3 is 6.09 Å². The van der Waals surface area contributed by atoms with Gasteiger partial charge in [-0.05, 0) is 12.1 Å². The maximum Gasteiger partial charge on any atom is 0.414 e. The van der Waals surface area contributed by atoms with Crippen LogP contribution >= 0.6 is 0 Å². The monoisotopic (exact) mass is 305 g/mol. The van der Waals surface area contributed by atoms with Crippen molar-refractivity contribution in [3.05, 3.63) is 35.4 Å². The molecule has 22 heavy (non-hydrogen) atoms. The molecule has 7 nitrogen and oxygen atoms in total. The topological polar surface area (TPSA) is 107 Å². The van der Waals surface area contributed by atoms with E-state index >= 15 is 0 Å². The molecule has 1 unspecified atom stereocenters. The van der Waals surface area contributed by atoms with Crippen LogP contribution in [-0.2, 0) is 0 Å². The zero-order valence-electron chi connectivity index (χ0n) is 11.5. The third-order valence-corrected chi connectivity index (χ3v) is 3.66. The third-order valence-electron chi connectivity index (χ3n) is 3.66. The average Bonchev–Trinajstić information content (AvgIpc) is 2.91. The fourth-order valence-corrected chi connectivity index (χ4v) is 2.58. The van der Waals surface area contributed by atoms with Crippen LogP contribution in [-0.4, -0.2) is 43.6 Å². The lowest BCUT2D eigenvalue weighted by molar-refractivity contribution is 0.0712. The molecule has 1 aliphatic rings. The van der Waals surface area contributed by atoms with Crippen LogP contribution in [0.25, 0.3) is 11.3 Å². The molecular formula is C14H12FN3O4. The van der Waals surface area contributed by atoms with Crippen molar-refractivity contribution in [1.29, 1.82) is 0 Å². The van der Waals surface area contributed by atoms with E-state index in [-0.39, 0.29) is 29.3 Å². The van der Waals surface area contributed by atoms with Crippen molar-refractivity contribution in [1.82, 2.24) is 14.9 Å². The average molecular weight is 305 g/mol. The maximum atomic E-state index is 13.9. The number of aromatic amines is 1. The highest BCUT2D eigenvalue weighted by atomic mass is 19.1. The molecule has 8 heteroatoms.